The summed E-state index contributed by atoms with van der Waals surface area (Å²) in [7, 11) is 0. The van der Waals surface area contributed by atoms with Gasteiger partial charge in [-0.25, -0.2) is 0 Å². The summed E-state index contributed by atoms with van der Waals surface area (Å²) in [5.41, 5.74) is 0. The minimum Gasteiger partial charge on any atom is -0.461 e. The summed E-state index contributed by atoms with van der Waals surface area (Å²) in [6, 6.07) is 0. The largest absolute Gasteiger partial charge is 0.461 e. The topological polar surface area (TPSA) is 52.6 Å². The molecule has 0 bridgehead atoms. The summed E-state index contributed by atoms with van der Waals surface area (Å²) < 4.78 is 10.1. The lowest BCUT2D eigenvalue weighted by molar-refractivity contribution is -0.161. The second-order valence-electron chi connectivity index (χ2n) is 4.33. The Hall–Kier alpha value is -1.58. The minimum absolute atomic E-state index is 0.184. The lowest BCUT2D eigenvalue weighted by Gasteiger charge is -2.27. The molecule has 18 heavy (non-hydrogen) atoms. The quantitative estimate of drug-likeness (QED) is 0.537. The molecule has 0 aliphatic heterocycles. The van der Waals surface area contributed by atoms with E-state index in [1.807, 2.05) is 0 Å². The molecule has 4 nitrogen and oxygen atoms in total. The van der Waals surface area contributed by atoms with Crippen LogP contribution in [0, 0.1) is 11.8 Å². The maximum atomic E-state index is 11.8. The first-order valence-corrected chi connectivity index (χ1v) is 6.25. The maximum Gasteiger partial charge on any atom is 0.310 e. The van der Waals surface area contributed by atoms with Gasteiger partial charge in [0.25, 0.3) is 0 Å². The summed E-state index contributed by atoms with van der Waals surface area (Å²) in [5.74, 6) is -1.41. The molecule has 0 saturated heterocycles. The molecule has 0 aromatic rings. The average Bonchev–Trinajstić information content (AvgIpc) is 2.42. The monoisotopic (exact) mass is 252 g/mol. The predicted octanol–water partition coefficient (Wildman–Crippen LogP) is 2.25. The van der Waals surface area contributed by atoms with Gasteiger partial charge in [0.05, 0.1) is 11.8 Å². The number of esters is 2. The zero-order valence-corrected chi connectivity index (χ0v) is 10.6. The Morgan fingerprint density at radius 3 is 1.67 bits per heavy atom. The molecule has 0 aromatic carbocycles. The average molecular weight is 252 g/mol. The normalized spacial score (nSPS) is 22.9. The third-order valence-corrected chi connectivity index (χ3v) is 3.06. The number of hydrogen-bond donors (Lipinski definition) is 0. The van der Waals surface area contributed by atoms with E-state index in [2.05, 4.69) is 13.2 Å². The molecule has 0 radical (unpaired) electrons. The lowest BCUT2D eigenvalue weighted by Crippen LogP contribution is -2.35. The van der Waals surface area contributed by atoms with Crippen molar-refractivity contribution < 1.29 is 19.1 Å². The van der Waals surface area contributed by atoms with Crippen molar-refractivity contribution in [3.05, 3.63) is 25.3 Å². The molecule has 2 unspecified atom stereocenters. The van der Waals surface area contributed by atoms with Gasteiger partial charge in [0.15, 0.2) is 0 Å². The Balaban J connectivity index is 2.60. The number of carbonyl (C=O) groups excluding carboxylic acids is 2. The van der Waals surface area contributed by atoms with Crippen LogP contribution in [0.25, 0.3) is 0 Å². The number of ether oxygens (including phenoxy) is 2. The van der Waals surface area contributed by atoms with Gasteiger partial charge < -0.3 is 9.47 Å². The van der Waals surface area contributed by atoms with Gasteiger partial charge in [-0.3, -0.25) is 9.59 Å². The fourth-order valence-electron chi connectivity index (χ4n) is 2.19. The van der Waals surface area contributed by atoms with Crippen LogP contribution in [0.3, 0.4) is 0 Å². The van der Waals surface area contributed by atoms with Crippen molar-refractivity contribution in [1.82, 2.24) is 0 Å². The van der Waals surface area contributed by atoms with Crippen LogP contribution in [-0.4, -0.2) is 25.2 Å². The molecule has 0 N–H and O–H groups in total. The van der Waals surface area contributed by atoms with Crippen LogP contribution >= 0.6 is 0 Å². The Bertz CT molecular complexity index is 290. The number of rotatable bonds is 6. The van der Waals surface area contributed by atoms with Gasteiger partial charge in [-0.2, -0.15) is 0 Å². The zero-order chi connectivity index (χ0) is 13.4. The standard InChI is InChI=1S/C14H20O4/c1-3-9-17-13(15)11-7-5-6-8-12(11)14(16)18-10-4-2/h3-4,11-12H,1-2,5-10H2. The highest BCUT2D eigenvalue weighted by Gasteiger charge is 2.37. The molecule has 1 saturated carbocycles. The molecule has 0 heterocycles. The van der Waals surface area contributed by atoms with Crippen molar-refractivity contribution >= 4 is 11.9 Å². The van der Waals surface area contributed by atoms with Crippen molar-refractivity contribution in [2.24, 2.45) is 11.8 Å². The summed E-state index contributed by atoms with van der Waals surface area (Å²) in [5, 5.41) is 0. The van der Waals surface area contributed by atoms with Crippen LogP contribution in [0.1, 0.15) is 25.7 Å². The Labute approximate surface area is 108 Å². The molecule has 4 heteroatoms. The van der Waals surface area contributed by atoms with Gasteiger partial charge in [0, 0.05) is 0 Å². The third-order valence-electron chi connectivity index (χ3n) is 3.06. The fraction of sp³-hybridized carbons (Fsp3) is 0.571. The summed E-state index contributed by atoms with van der Waals surface area (Å²) in [6.07, 6.45) is 6.30. The van der Waals surface area contributed by atoms with E-state index in [1.54, 1.807) is 0 Å². The smallest absolute Gasteiger partial charge is 0.310 e. The van der Waals surface area contributed by atoms with Gasteiger partial charge in [-0.15, -0.1) is 0 Å². The molecule has 0 spiro atoms. The van der Waals surface area contributed by atoms with Crippen LogP contribution in [0.2, 0.25) is 0 Å². The molecule has 1 rings (SSSR count). The highest BCUT2D eigenvalue weighted by molar-refractivity contribution is 5.82. The van der Waals surface area contributed by atoms with E-state index in [4.69, 9.17) is 9.47 Å². The zero-order valence-electron chi connectivity index (χ0n) is 10.6. The second kappa shape index (κ2) is 7.69. The number of carbonyl (C=O) groups is 2. The molecule has 1 fully saturated rings. The van der Waals surface area contributed by atoms with Gasteiger partial charge in [-0.05, 0) is 12.8 Å². The van der Waals surface area contributed by atoms with Crippen molar-refractivity contribution in [3.8, 4) is 0 Å². The first-order valence-electron chi connectivity index (χ1n) is 6.25. The van der Waals surface area contributed by atoms with Gasteiger partial charge in [0.2, 0.25) is 0 Å². The van der Waals surface area contributed by atoms with Crippen molar-refractivity contribution in [3.63, 3.8) is 0 Å². The molecule has 2 atom stereocenters. The first-order chi connectivity index (χ1) is 8.70. The Kier molecular flexibility index (Phi) is 6.19. The van der Waals surface area contributed by atoms with Crippen LogP contribution in [0.5, 0.6) is 0 Å². The molecule has 0 aromatic heterocycles. The van der Waals surface area contributed by atoms with Crippen molar-refractivity contribution in [2.45, 2.75) is 25.7 Å². The van der Waals surface area contributed by atoms with E-state index in [0.717, 1.165) is 12.8 Å². The fourth-order valence-corrected chi connectivity index (χ4v) is 2.19. The number of hydrogen-bond acceptors (Lipinski definition) is 4. The maximum absolute atomic E-state index is 11.8. The highest BCUT2D eigenvalue weighted by atomic mass is 16.5. The van der Waals surface area contributed by atoms with E-state index in [0.29, 0.717) is 12.8 Å². The minimum atomic E-state index is -0.379. The molecular weight excluding hydrogens is 232 g/mol. The summed E-state index contributed by atoms with van der Waals surface area (Å²) in [6.45, 7) is 7.35. The van der Waals surface area contributed by atoms with Crippen LogP contribution in [0.4, 0.5) is 0 Å². The third kappa shape index (κ3) is 4.02. The molecule has 0 amide bonds. The molecular formula is C14H20O4. The summed E-state index contributed by atoms with van der Waals surface area (Å²) in [4.78, 5) is 23.7. The van der Waals surface area contributed by atoms with Gasteiger partial charge in [0.1, 0.15) is 13.2 Å². The first kappa shape index (κ1) is 14.5. The van der Waals surface area contributed by atoms with E-state index in [9.17, 15) is 9.59 Å². The second-order valence-corrected chi connectivity index (χ2v) is 4.33. The van der Waals surface area contributed by atoms with Crippen molar-refractivity contribution in [2.75, 3.05) is 13.2 Å². The predicted molar refractivity (Wildman–Crippen MR) is 67.8 cm³/mol. The Morgan fingerprint density at radius 2 is 1.33 bits per heavy atom. The van der Waals surface area contributed by atoms with Crippen LogP contribution in [-0.2, 0) is 19.1 Å². The van der Waals surface area contributed by atoms with Crippen LogP contribution in [0.15, 0.2) is 25.3 Å². The Morgan fingerprint density at radius 1 is 0.944 bits per heavy atom. The SMILES string of the molecule is C=CCOC(=O)C1CCCCC1C(=O)OCC=C. The van der Waals surface area contributed by atoms with Gasteiger partial charge >= 0.3 is 11.9 Å². The van der Waals surface area contributed by atoms with E-state index in [1.165, 1.54) is 12.2 Å². The van der Waals surface area contributed by atoms with E-state index >= 15 is 0 Å². The van der Waals surface area contributed by atoms with Crippen molar-refractivity contribution in [1.29, 1.82) is 0 Å². The van der Waals surface area contributed by atoms with E-state index in [-0.39, 0.29) is 37.0 Å². The van der Waals surface area contributed by atoms with Crippen LogP contribution < -0.4 is 0 Å². The molecule has 1 aliphatic carbocycles. The summed E-state index contributed by atoms with van der Waals surface area (Å²) >= 11 is 0. The molecule has 100 valence electrons. The highest BCUT2D eigenvalue weighted by Crippen LogP contribution is 2.32. The lowest BCUT2D eigenvalue weighted by atomic mass is 9.79. The van der Waals surface area contributed by atoms with Gasteiger partial charge in [-0.1, -0.05) is 38.2 Å². The van der Waals surface area contributed by atoms with E-state index < -0.39 is 0 Å². The molecule has 1 aliphatic rings.